The van der Waals surface area contributed by atoms with Crippen molar-refractivity contribution in [2.75, 3.05) is 20.2 Å². The summed E-state index contributed by atoms with van der Waals surface area (Å²) in [5, 5.41) is 3.05. The molecule has 0 spiro atoms. The zero-order valence-corrected chi connectivity index (χ0v) is 11.0. The van der Waals surface area contributed by atoms with Crippen LogP contribution in [0.4, 0.5) is 13.2 Å². The molecule has 0 saturated carbocycles. The first-order chi connectivity index (χ1) is 9.45. The molecule has 20 heavy (non-hydrogen) atoms. The smallest absolute Gasteiger partial charge is 0.416 e. The maximum Gasteiger partial charge on any atom is 0.416 e. The molecule has 0 aliphatic carbocycles. The lowest BCUT2D eigenvalue weighted by molar-refractivity contribution is -0.148. The number of piperidine rings is 1. The van der Waals surface area contributed by atoms with Crippen molar-refractivity contribution < 1.29 is 22.7 Å². The van der Waals surface area contributed by atoms with Crippen LogP contribution in [-0.2, 0) is 15.7 Å². The Bertz CT molecular complexity index is 488. The molecule has 1 aromatic rings. The monoisotopic (exact) mass is 287 g/mol. The van der Waals surface area contributed by atoms with Crippen LogP contribution in [0.15, 0.2) is 24.3 Å². The van der Waals surface area contributed by atoms with Gasteiger partial charge in [-0.05, 0) is 24.6 Å². The van der Waals surface area contributed by atoms with Gasteiger partial charge in [-0.1, -0.05) is 18.2 Å². The molecule has 2 rings (SSSR count). The summed E-state index contributed by atoms with van der Waals surface area (Å²) in [6, 6.07) is 5.41. The van der Waals surface area contributed by atoms with Crippen LogP contribution in [0.5, 0.6) is 0 Å². The first-order valence-electron chi connectivity index (χ1n) is 6.40. The average molecular weight is 287 g/mol. The predicted octanol–water partition coefficient (Wildman–Crippen LogP) is 2.57. The van der Waals surface area contributed by atoms with Crippen molar-refractivity contribution in [2.24, 2.45) is 5.92 Å². The second-order valence-corrected chi connectivity index (χ2v) is 4.81. The Morgan fingerprint density at radius 1 is 1.35 bits per heavy atom. The van der Waals surface area contributed by atoms with Crippen LogP contribution in [-0.4, -0.2) is 26.2 Å². The number of esters is 1. The summed E-state index contributed by atoms with van der Waals surface area (Å²) < 4.78 is 43.9. The molecule has 0 amide bonds. The van der Waals surface area contributed by atoms with Crippen molar-refractivity contribution in [1.29, 1.82) is 0 Å². The third-order valence-electron chi connectivity index (χ3n) is 3.65. The van der Waals surface area contributed by atoms with Crippen LogP contribution in [0, 0.1) is 5.92 Å². The fourth-order valence-electron chi connectivity index (χ4n) is 2.70. The molecule has 1 saturated heterocycles. The maximum atomic E-state index is 13.1. The van der Waals surface area contributed by atoms with Crippen molar-refractivity contribution in [2.45, 2.75) is 18.5 Å². The molecule has 1 N–H and O–H groups in total. The summed E-state index contributed by atoms with van der Waals surface area (Å²) in [7, 11) is 1.26. The summed E-state index contributed by atoms with van der Waals surface area (Å²) >= 11 is 0. The first kappa shape index (κ1) is 14.8. The van der Waals surface area contributed by atoms with Gasteiger partial charge in [-0.15, -0.1) is 0 Å². The van der Waals surface area contributed by atoms with E-state index in [9.17, 15) is 18.0 Å². The molecule has 1 heterocycles. The molecule has 1 aliphatic heterocycles. The van der Waals surface area contributed by atoms with E-state index in [4.69, 9.17) is 4.74 Å². The van der Waals surface area contributed by atoms with Crippen LogP contribution in [0.1, 0.15) is 23.5 Å². The van der Waals surface area contributed by atoms with Crippen LogP contribution in [0.3, 0.4) is 0 Å². The fourth-order valence-corrected chi connectivity index (χ4v) is 2.70. The molecule has 0 aromatic heterocycles. The number of methoxy groups -OCH3 is 1. The molecule has 110 valence electrons. The van der Waals surface area contributed by atoms with E-state index in [0.717, 1.165) is 6.07 Å². The Morgan fingerprint density at radius 2 is 2.05 bits per heavy atom. The number of alkyl halides is 3. The highest BCUT2D eigenvalue weighted by Crippen LogP contribution is 2.39. The van der Waals surface area contributed by atoms with E-state index in [0.29, 0.717) is 19.5 Å². The minimum atomic E-state index is -4.42. The normalized spacial score (nSPS) is 23.4. The fraction of sp³-hybridized carbons (Fsp3) is 0.500. The maximum absolute atomic E-state index is 13.1. The van der Waals surface area contributed by atoms with Crippen LogP contribution in [0.2, 0.25) is 0 Å². The minimum Gasteiger partial charge on any atom is -0.469 e. The minimum absolute atomic E-state index is 0.155. The van der Waals surface area contributed by atoms with Crippen molar-refractivity contribution in [3.05, 3.63) is 35.4 Å². The van der Waals surface area contributed by atoms with Gasteiger partial charge in [0.1, 0.15) is 0 Å². The molecular weight excluding hydrogens is 271 g/mol. The van der Waals surface area contributed by atoms with Gasteiger partial charge in [-0.3, -0.25) is 4.79 Å². The van der Waals surface area contributed by atoms with E-state index in [1.165, 1.54) is 19.2 Å². The Balaban J connectivity index is 2.40. The van der Waals surface area contributed by atoms with E-state index in [-0.39, 0.29) is 5.56 Å². The zero-order chi connectivity index (χ0) is 14.8. The van der Waals surface area contributed by atoms with Gasteiger partial charge < -0.3 is 10.1 Å². The third kappa shape index (κ3) is 2.95. The highest BCUT2D eigenvalue weighted by atomic mass is 19.4. The second-order valence-electron chi connectivity index (χ2n) is 4.81. The van der Waals surface area contributed by atoms with E-state index in [1.54, 1.807) is 6.07 Å². The number of carbonyl (C=O) groups excluding carboxylic acids is 1. The molecule has 1 aliphatic rings. The topological polar surface area (TPSA) is 38.3 Å². The largest absolute Gasteiger partial charge is 0.469 e. The Hall–Kier alpha value is -1.56. The van der Waals surface area contributed by atoms with E-state index in [2.05, 4.69) is 5.32 Å². The van der Waals surface area contributed by atoms with Crippen molar-refractivity contribution in [3.63, 3.8) is 0 Å². The van der Waals surface area contributed by atoms with Crippen LogP contribution < -0.4 is 5.32 Å². The van der Waals surface area contributed by atoms with Gasteiger partial charge in [0.15, 0.2) is 0 Å². The van der Waals surface area contributed by atoms with Gasteiger partial charge in [-0.25, -0.2) is 0 Å². The summed E-state index contributed by atoms with van der Waals surface area (Å²) in [4.78, 5) is 11.8. The standard InChI is InChI=1S/C14H16F3NO2/c1-20-13(19)10-6-7-18-8-11(10)9-4-2-3-5-12(9)14(15,16)17/h2-5,10-11,18H,6-8H2,1H3. The number of benzene rings is 1. The number of halogens is 3. The number of hydrogen-bond acceptors (Lipinski definition) is 3. The summed E-state index contributed by atoms with van der Waals surface area (Å²) in [5.41, 5.74) is -0.523. The van der Waals surface area contributed by atoms with Crippen molar-refractivity contribution in [3.8, 4) is 0 Å². The SMILES string of the molecule is COC(=O)C1CCNCC1c1ccccc1C(F)(F)F. The molecule has 0 bridgehead atoms. The summed E-state index contributed by atoms with van der Waals surface area (Å²) in [5.74, 6) is -1.51. The quantitative estimate of drug-likeness (QED) is 0.850. The summed E-state index contributed by atoms with van der Waals surface area (Å²) in [6.07, 6.45) is -3.95. The summed E-state index contributed by atoms with van der Waals surface area (Å²) in [6.45, 7) is 0.942. The third-order valence-corrected chi connectivity index (χ3v) is 3.65. The van der Waals surface area contributed by atoms with Crippen LogP contribution in [0.25, 0.3) is 0 Å². The van der Waals surface area contributed by atoms with Crippen LogP contribution >= 0.6 is 0 Å². The van der Waals surface area contributed by atoms with E-state index in [1.807, 2.05) is 0 Å². The lowest BCUT2D eigenvalue weighted by Crippen LogP contribution is -2.40. The number of hydrogen-bond donors (Lipinski definition) is 1. The van der Waals surface area contributed by atoms with Gasteiger partial charge in [-0.2, -0.15) is 13.2 Å². The molecular formula is C14H16F3NO2. The highest BCUT2D eigenvalue weighted by molar-refractivity contribution is 5.74. The number of ether oxygens (including phenoxy) is 1. The Labute approximate surface area is 115 Å². The number of rotatable bonds is 2. The van der Waals surface area contributed by atoms with Gasteiger partial charge in [0.05, 0.1) is 18.6 Å². The molecule has 6 heteroatoms. The molecule has 2 atom stereocenters. The second kappa shape index (κ2) is 5.83. The van der Waals surface area contributed by atoms with E-state index < -0.39 is 29.5 Å². The van der Waals surface area contributed by atoms with Gasteiger partial charge in [0.2, 0.25) is 0 Å². The molecule has 2 unspecified atom stereocenters. The lowest BCUT2D eigenvalue weighted by Gasteiger charge is -2.32. The Kier molecular flexibility index (Phi) is 4.32. The molecule has 0 radical (unpaired) electrons. The average Bonchev–Trinajstić information content (AvgIpc) is 2.45. The first-order valence-corrected chi connectivity index (χ1v) is 6.40. The number of carbonyl (C=O) groups is 1. The Morgan fingerprint density at radius 3 is 2.70 bits per heavy atom. The predicted molar refractivity (Wildman–Crippen MR) is 67.2 cm³/mol. The lowest BCUT2D eigenvalue weighted by atomic mass is 9.79. The molecule has 1 aromatic carbocycles. The van der Waals surface area contributed by atoms with Crippen molar-refractivity contribution >= 4 is 5.97 Å². The van der Waals surface area contributed by atoms with Gasteiger partial charge in [0, 0.05) is 12.5 Å². The van der Waals surface area contributed by atoms with Gasteiger partial charge >= 0.3 is 12.1 Å². The highest BCUT2D eigenvalue weighted by Gasteiger charge is 2.39. The molecule has 1 fully saturated rings. The van der Waals surface area contributed by atoms with E-state index >= 15 is 0 Å². The number of nitrogens with one attached hydrogen (secondary N) is 1. The van der Waals surface area contributed by atoms with Gasteiger partial charge in [0.25, 0.3) is 0 Å². The molecule has 3 nitrogen and oxygen atoms in total. The zero-order valence-electron chi connectivity index (χ0n) is 11.0. The van der Waals surface area contributed by atoms with Crippen molar-refractivity contribution in [1.82, 2.24) is 5.32 Å².